The van der Waals surface area contributed by atoms with Gasteiger partial charge in [-0.1, -0.05) is 180 Å². The topological polar surface area (TPSA) is 89.6 Å². The van der Waals surface area contributed by atoms with Gasteiger partial charge in [0, 0.05) is 6.42 Å². The van der Waals surface area contributed by atoms with Gasteiger partial charge in [-0.15, -0.1) is 0 Å². The second kappa shape index (κ2) is 31.6. The Morgan fingerprint density at radius 2 is 0.769 bits per heavy atom. The van der Waals surface area contributed by atoms with Gasteiger partial charge >= 0.3 is 11.9 Å². The highest BCUT2D eigenvalue weighted by atomic mass is 16.6. The first-order valence-corrected chi connectivity index (χ1v) is 17.2. The Morgan fingerprint density at radius 3 is 1.03 bits per heavy atom. The first kappa shape index (κ1) is 38.1. The number of esters is 2. The normalized spacial score (nSPS) is 12.1. The van der Waals surface area contributed by atoms with Crippen LogP contribution >= 0.6 is 0 Å². The molecule has 0 amide bonds. The maximum atomic E-state index is 11.5. The van der Waals surface area contributed by atoms with Gasteiger partial charge in [0.25, 0.3) is 0 Å². The molecule has 0 heterocycles. The minimum Gasteiger partial charge on any atom is -0.394 e. The van der Waals surface area contributed by atoms with Gasteiger partial charge in [-0.3, -0.25) is 4.79 Å². The van der Waals surface area contributed by atoms with Gasteiger partial charge in [0.2, 0.25) is 0 Å². The number of unbranched alkanes of at least 4 members (excludes halogenated alkanes) is 27. The highest BCUT2D eigenvalue weighted by Gasteiger charge is 2.17. The molecule has 5 heteroatoms. The Hall–Kier alpha value is -0.940. The van der Waals surface area contributed by atoms with E-state index in [1.807, 2.05) is 0 Å². The van der Waals surface area contributed by atoms with Gasteiger partial charge in [-0.25, -0.2) is 4.79 Å². The lowest BCUT2D eigenvalue weighted by atomic mass is 10.0. The number of carbonyl (C=O) groups excluding carboxylic acids is 2. The minimum absolute atomic E-state index is 0.239. The van der Waals surface area contributed by atoms with Crippen LogP contribution in [0.25, 0.3) is 0 Å². The Morgan fingerprint density at radius 1 is 0.513 bits per heavy atom. The van der Waals surface area contributed by atoms with Crippen LogP contribution in [0.2, 0.25) is 0 Å². The van der Waals surface area contributed by atoms with Crippen molar-refractivity contribution < 1.29 is 19.4 Å². The molecule has 0 aliphatic carbocycles. The number of hydrogen-bond donors (Lipinski definition) is 2. The third-order valence-electron chi connectivity index (χ3n) is 7.95. The summed E-state index contributed by atoms with van der Waals surface area (Å²) in [6, 6.07) is -1.13. The summed E-state index contributed by atoms with van der Waals surface area (Å²) < 4.78 is 4.60. The van der Waals surface area contributed by atoms with Crippen molar-refractivity contribution in [1.82, 2.24) is 0 Å². The van der Waals surface area contributed by atoms with Crippen molar-refractivity contribution in [2.75, 3.05) is 6.61 Å². The average molecular weight is 554 g/mol. The fourth-order valence-corrected chi connectivity index (χ4v) is 5.25. The fraction of sp³-hybridized carbons (Fsp3) is 0.941. The standard InChI is InChI=1S/C34H67NO4/c1-2-3-4-5-6-7-8-9-10-11-12-13-14-15-16-17-18-19-20-21-22-23-24-25-26-27-28-29-30-33(37)39-34(38)32(35)31-36/h32,36H,2-31,35H2,1H3/t32-/m0/s1. The maximum absolute atomic E-state index is 11.5. The summed E-state index contributed by atoms with van der Waals surface area (Å²) in [6.07, 6.45) is 38.4. The number of rotatable bonds is 31. The zero-order valence-corrected chi connectivity index (χ0v) is 26.0. The van der Waals surface area contributed by atoms with Gasteiger partial charge < -0.3 is 15.6 Å². The molecule has 0 saturated heterocycles. The first-order chi connectivity index (χ1) is 19.1. The summed E-state index contributed by atoms with van der Waals surface area (Å²) in [5.41, 5.74) is 5.31. The second-order valence-electron chi connectivity index (χ2n) is 11.9. The fourth-order valence-electron chi connectivity index (χ4n) is 5.25. The third-order valence-corrected chi connectivity index (χ3v) is 7.95. The van der Waals surface area contributed by atoms with Crippen LogP contribution in [0.4, 0.5) is 0 Å². The molecule has 1 atom stereocenters. The van der Waals surface area contributed by atoms with Crippen LogP contribution in [0.1, 0.15) is 193 Å². The number of aliphatic hydroxyl groups is 1. The number of nitrogens with two attached hydrogens (primary N) is 1. The van der Waals surface area contributed by atoms with E-state index in [0.717, 1.165) is 19.3 Å². The molecule has 0 spiro atoms. The summed E-state index contributed by atoms with van der Waals surface area (Å²) in [7, 11) is 0. The van der Waals surface area contributed by atoms with Crippen molar-refractivity contribution in [3.05, 3.63) is 0 Å². The summed E-state index contributed by atoms with van der Waals surface area (Å²) in [5, 5.41) is 8.77. The molecule has 0 saturated carbocycles. The van der Waals surface area contributed by atoms with Crippen LogP contribution in [0, 0.1) is 0 Å². The molecule has 0 radical (unpaired) electrons. The van der Waals surface area contributed by atoms with Crippen LogP contribution in [0.3, 0.4) is 0 Å². The van der Waals surface area contributed by atoms with Crippen LogP contribution in [-0.2, 0) is 14.3 Å². The lowest BCUT2D eigenvalue weighted by Crippen LogP contribution is -2.36. The van der Waals surface area contributed by atoms with Crippen molar-refractivity contribution in [3.63, 3.8) is 0 Å². The SMILES string of the molecule is CCCCCCCCCCCCCCCCCCCCCCCCCCCCCCC(=O)OC(=O)[C@@H](N)CO. The molecule has 0 fully saturated rings. The Balaban J connectivity index is 3.14. The monoisotopic (exact) mass is 554 g/mol. The number of hydrogen-bond acceptors (Lipinski definition) is 5. The molecule has 0 aliphatic heterocycles. The largest absolute Gasteiger partial charge is 0.394 e. The number of ether oxygens (including phenoxy) is 1. The molecule has 232 valence electrons. The molecule has 0 bridgehead atoms. The van der Waals surface area contributed by atoms with E-state index in [1.165, 1.54) is 161 Å². The molecule has 39 heavy (non-hydrogen) atoms. The molecule has 0 unspecified atom stereocenters. The molecule has 0 aromatic heterocycles. The van der Waals surface area contributed by atoms with Crippen molar-refractivity contribution >= 4 is 11.9 Å². The van der Waals surface area contributed by atoms with Gasteiger partial charge in [0.1, 0.15) is 6.04 Å². The summed E-state index contributed by atoms with van der Waals surface area (Å²) in [4.78, 5) is 22.9. The third kappa shape index (κ3) is 29.9. The molecule has 5 nitrogen and oxygen atoms in total. The molecule has 0 aliphatic rings. The zero-order chi connectivity index (χ0) is 28.7. The highest BCUT2D eigenvalue weighted by Crippen LogP contribution is 2.16. The van der Waals surface area contributed by atoms with E-state index in [-0.39, 0.29) is 6.42 Å². The van der Waals surface area contributed by atoms with Gasteiger partial charge in [0.15, 0.2) is 0 Å². The maximum Gasteiger partial charge on any atom is 0.332 e. The van der Waals surface area contributed by atoms with Gasteiger partial charge in [0.05, 0.1) is 6.61 Å². The lowest BCUT2D eigenvalue weighted by Gasteiger charge is -2.07. The van der Waals surface area contributed by atoms with Crippen LogP contribution < -0.4 is 5.73 Å². The average Bonchev–Trinajstić information content (AvgIpc) is 2.94. The van der Waals surface area contributed by atoms with E-state index < -0.39 is 24.6 Å². The second-order valence-corrected chi connectivity index (χ2v) is 11.9. The van der Waals surface area contributed by atoms with Crippen molar-refractivity contribution in [2.24, 2.45) is 5.73 Å². The molecule has 0 aromatic rings. The van der Waals surface area contributed by atoms with Crippen molar-refractivity contribution in [2.45, 2.75) is 199 Å². The predicted molar refractivity (Wildman–Crippen MR) is 166 cm³/mol. The molecular weight excluding hydrogens is 486 g/mol. The van der Waals surface area contributed by atoms with E-state index in [9.17, 15) is 9.59 Å². The number of aliphatic hydroxyl groups excluding tert-OH is 1. The first-order valence-electron chi connectivity index (χ1n) is 17.2. The van der Waals surface area contributed by atoms with Gasteiger partial charge in [-0.05, 0) is 6.42 Å². The van der Waals surface area contributed by atoms with E-state index in [2.05, 4.69) is 11.7 Å². The highest BCUT2D eigenvalue weighted by molar-refractivity contribution is 5.88. The molecule has 0 aromatic carbocycles. The molecule has 0 rings (SSSR count). The summed E-state index contributed by atoms with van der Waals surface area (Å²) >= 11 is 0. The lowest BCUT2D eigenvalue weighted by molar-refractivity contribution is -0.161. The molecular formula is C34H67NO4. The van der Waals surface area contributed by atoms with Crippen LogP contribution in [-0.4, -0.2) is 29.7 Å². The van der Waals surface area contributed by atoms with Crippen molar-refractivity contribution in [1.29, 1.82) is 0 Å². The minimum atomic E-state index is -1.13. The number of carbonyl (C=O) groups is 2. The Bertz CT molecular complexity index is 525. The van der Waals surface area contributed by atoms with Crippen LogP contribution in [0.15, 0.2) is 0 Å². The van der Waals surface area contributed by atoms with E-state index in [0.29, 0.717) is 0 Å². The molecule has 3 N–H and O–H groups in total. The summed E-state index contributed by atoms with van der Waals surface area (Å²) in [5.74, 6) is -1.39. The summed E-state index contributed by atoms with van der Waals surface area (Å²) in [6.45, 7) is 1.78. The Kier molecular flexibility index (Phi) is 30.8. The van der Waals surface area contributed by atoms with Crippen LogP contribution in [0.5, 0.6) is 0 Å². The Labute approximate surface area is 242 Å². The smallest absolute Gasteiger partial charge is 0.332 e. The van der Waals surface area contributed by atoms with Gasteiger partial charge in [-0.2, -0.15) is 0 Å². The quantitative estimate of drug-likeness (QED) is 0.0506. The van der Waals surface area contributed by atoms with E-state index >= 15 is 0 Å². The zero-order valence-electron chi connectivity index (χ0n) is 26.0. The van der Waals surface area contributed by atoms with Crippen molar-refractivity contribution in [3.8, 4) is 0 Å². The van der Waals surface area contributed by atoms with E-state index in [4.69, 9.17) is 10.8 Å². The van der Waals surface area contributed by atoms with E-state index in [1.54, 1.807) is 0 Å². The predicted octanol–water partition coefficient (Wildman–Crippen LogP) is 9.71.